The summed E-state index contributed by atoms with van der Waals surface area (Å²) in [6.45, 7) is 7.49. The SMILES string of the molecule is Cc1cccc(Cl)c1N=C(N)NC(=O)NC(C)(C)C. The van der Waals surface area contributed by atoms with E-state index in [2.05, 4.69) is 15.6 Å². The largest absolute Gasteiger partial charge is 0.369 e. The predicted octanol–water partition coefficient (Wildman–Crippen LogP) is 2.69. The maximum Gasteiger partial charge on any atom is 0.321 e. The van der Waals surface area contributed by atoms with Gasteiger partial charge < -0.3 is 11.1 Å². The normalized spacial score (nSPS) is 12.2. The Morgan fingerprint density at radius 3 is 2.53 bits per heavy atom. The number of nitrogens with one attached hydrogen (secondary N) is 2. The number of para-hydroxylation sites is 1. The van der Waals surface area contributed by atoms with Crippen molar-refractivity contribution in [1.29, 1.82) is 0 Å². The number of aliphatic imine (C=N–C) groups is 1. The lowest BCUT2D eigenvalue weighted by atomic mass is 10.1. The van der Waals surface area contributed by atoms with Gasteiger partial charge in [-0.1, -0.05) is 23.7 Å². The minimum Gasteiger partial charge on any atom is -0.369 e. The van der Waals surface area contributed by atoms with E-state index < -0.39 is 6.03 Å². The number of halogens is 1. The van der Waals surface area contributed by atoms with Gasteiger partial charge >= 0.3 is 6.03 Å². The molecule has 0 aliphatic carbocycles. The highest BCUT2D eigenvalue weighted by Crippen LogP contribution is 2.27. The Hall–Kier alpha value is -1.75. The number of benzene rings is 1. The topological polar surface area (TPSA) is 79.5 Å². The fourth-order valence-corrected chi connectivity index (χ4v) is 1.67. The first-order chi connectivity index (χ1) is 8.69. The molecule has 2 amide bonds. The molecule has 1 aromatic rings. The molecule has 6 heteroatoms. The molecular formula is C13H19ClN4O. The first-order valence-electron chi connectivity index (χ1n) is 5.87. The van der Waals surface area contributed by atoms with E-state index in [4.69, 9.17) is 17.3 Å². The highest BCUT2D eigenvalue weighted by molar-refractivity contribution is 6.33. The zero-order valence-electron chi connectivity index (χ0n) is 11.5. The highest BCUT2D eigenvalue weighted by atomic mass is 35.5. The summed E-state index contributed by atoms with van der Waals surface area (Å²) in [6, 6.07) is 5.01. The first-order valence-corrected chi connectivity index (χ1v) is 6.25. The van der Waals surface area contributed by atoms with Crippen molar-refractivity contribution in [2.45, 2.75) is 33.2 Å². The van der Waals surface area contributed by atoms with Crippen LogP contribution in [0, 0.1) is 6.92 Å². The Kier molecular flexibility index (Phi) is 4.78. The molecule has 0 saturated heterocycles. The van der Waals surface area contributed by atoms with Gasteiger partial charge in [0.2, 0.25) is 5.96 Å². The van der Waals surface area contributed by atoms with Crippen LogP contribution in [0.2, 0.25) is 5.02 Å². The van der Waals surface area contributed by atoms with E-state index in [0.717, 1.165) is 5.56 Å². The molecule has 1 rings (SSSR count). The van der Waals surface area contributed by atoms with Gasteiger partial charge in [-0.2, -0.15) is 0 Å². The Morgan fingerprint density at radius 2 is 2.00 bits per heavy atom. The molecule has 0 fully saturated rings. The lowest BCUT2D eigenvalue weighted by Gasteiger charge is -2.20. The van der Waals surface area contributed by atoms with Gasteiger partial charge in [0.15, 0.2) is 0 Å². The number of amides is 2. The second-order valence-corrected chi connectivity index (χ2v) is 5.64. The monoisotopic (exact) mass is 282 g/mol. The van der Waals surface area contributed by atoms with Crippen LogP contribution >= 0.6 is 11.6 Å². The molecule has 0 atom stereocenters. The Balaban J connectivity index is 2.81. The molecule has 0 radical (unpaired) electrons. The summed E-state index contributed by atoms with van der Waals surface area (Å²) in [5, 5.41) is 5.67. The maximum absolute atomic E-state index is 11.6. The van der Waals surface area contributed by atoms with Gasteiger partial charge in [-0.3, -0.25) is 5.32 Å². The van der Waals surface area contributed by atoms with Crippen molar-refractivity contribution in [2.75, 3.05) is 0 Å². The van der Waals surface area contributed by atoms with Gasteiger partial charge in [0.25, 0.3) is 0 Å². The molecule has 19 heavy (non-hydrogen) atoms. The summed E-state index contributed by atoms with van der Waals surface area (Å²) in [5.74, 6) is -0.00190. The summed E-state index contributed by atoms with van der Waals surface area (Å²) in [5.41, 5.74) is 6.78. The van der Waals surface area contributed by atoms with Gasteiger partial charge in [0.1, 0.15) is 0 Å². The fraction of sp³-hybridized carbons (Fsp3) is 0.385. The zero-order valence-corrected chi connectivity index (χ0v) is 12.3. The number of nitrogens with zero attached hydrogens (tertiary/aromatic N) is 1. The molecule has 0 aromatic heterocycles. The van der Waals surface area contributed by atoms with Crippen molar-refractivity contribution < 1.29 is 4.79 Å². The van der Waals surface area contributed by atoms with Crippen molar-refractivity contribution in [3.8, 4) is 0 Å². The summed E-state index contributed by atoms with van der Waals surface area (Å²) < 4.78 is 0. The highest BCUT2D eigenvalue weighted by Gasteiger charge is 2.14. The van der Waals surface area contributed by atoms with Crippen molar-refractivity contribution >= 4 is 29.3 Å². The predicted molar refractivity (Wildman–Crippen MR) is 78.9 cm³/mol. The van der Waals surface area contributed by atoms with Crippen LogP contribution < -0.4 is 16.4 Å². The lowest BCUT2D eigenvalue weighted by molar-refractivity contribution is 0.236. The van der Waals surface area contributed by atoms with E-state index in [1.165, 1.54) is 0 Å². The van der Waals surface area contributed by atoms with Gasteiger partial charge in [0, 0.05) is 5.54 Å². The number of carbonyl (C=O) groups excluding carboxylic acids is 1. The summed E-state index contributed by atoms with van der Waals surface area (Å²) >= 11 is 6.03. The molecule has 0 unspecified atom stereocenters. The summed E-state index contributed by atoms with van der Waals surface area (Å²) in [4.78, 5) is 15.7. The minimum atomic E-state index is -0.404. The van der Waals surface area contributed by atoms with Gasteiger partial charge in [-0.05, 0) is 39.3 Å². The molecule has 0 bridgehead atoms. The number of nitrogens with two attached hydrogens (primary N) is 1. The summed E-state index contributed by atoms with van der Waals surface area (Å²) in [6.07, 6.45) is 0. The van der Waals surface area contributed by atoms with Crippen LogP contribution in [0.1, 0.15) is 26.3 Å². The number of hydrogen-bond donors (Lipinski definition) is 3. The van der Waals surface area contributed by atoms with Crippen LogP contribution in [0.5, 0.6) is 0 Å². The standard InChI is InChI=1S/C13H19ClN4O/c1-8-6-5-7-9(14)10(8)16-11(15)17-12(19)18-13(2,3)4/h5-7H,1-4H3,(H4,15,16,17,18,19). The van der Waals surface area contributed by atoms with E-state index in [1.54, 1.807) is 6.07 Å². The van der Waals surface area contributed by atoms with E-state index in [0.29, 0.717) is 10.7 Å². The van der Waals surface area contributed by atoms with Gasteiger partial charge in [0.05, 0.1) is 10.7 Å². The van der Waals surface area contributed by atoms with E-state index in [-0.39, 0.29) is 11.5 Å². The molecule has 0 heterocycles. The molecule has 0 aliphatic heterocycles. The Morgan fingerprint density at radius 1 is 1.37 bits per heavy atom. The van der Waals surface area contributed by atoms with Gasteiger partial charge in [-0.25, -0.2) is 9.79 Å². The Labute approximate surface area is 118 Å². The molecule has 104 valence electrons. The van der Waals surface area contributed by atoms with Gasteiger partial charge in [-0.15, -0.1) is 0 Å². The minimum absolute atomic E-state index is 0.00190. The number of carbonyl (C=O) groups is 1. The fourth-order valence-electron chi connectivity index (χ4n) is 1.40. The number of aryl methyl sites for hydroxylation is 1. The average Bonchev–Trinajstić information content (AvgIpc) is 2.20. The van der Waals surface area contributed by atoms with Crippen molar-refractivity contribution in [3.63, 3.8) is 0 Å². The van der Waals surface area contributed by atoms with Crippen LogP contribution in [-0.4, -0.2) is 17.5 Å². The van der Waals surface area contributed by atoms with Crippen molar-refractivity contribution in [3.05, 3.63) is 28.8 Å². The van der Waals surface area contributed by atoms with Crippen molar-refractivity contribution in [1.82, 2.24) is 10.6 Å². The summed E-state index contributed by atoms with van der Waals surface area (Å²) in [7, 11) is 0. The molecule has 0 saturated carbocycles. The van der Waals surface area contributed by atoms with Crippen LogP contribution in [0.25, 0.3) is 0 Å². The van der Waals surface area contributed by atoms with Crippen LogP contribution in [0.3, 0.4) is 0 Å². The molecule has 1 aromatic carbocycles. The molecular weight excluding hydrogens is 264 g/mol. The third-order valence-corrected chi connectivity index (χ3v) is 2.46. The van der Waals surface area contributed by atoms with E-state index >= 15 is 0 Å². The number of rotatable bonds is 1. The van der Waals surface area contributed by atoms with Crippen LogP contribution in [0.15, 0.2) is 23.2 Å². The molecule has 4 N–H and O–H groups in total. The second-order valence-electron chi connectivity index (χ2n) is 5.23. The number of urea groups is 1. The lowest BCUT2D eigenvalue weighted by Crippen LogP contribution is -2.50. The Bertz CT molecular complexity index is 486. The molecule has 0 spiro atoms. The van der Waals surface area contributed by atoms with Crippen LogP contribution in [0.4, 0.5) is 10.5 Å². The number of guanidine groups is 1. The maximum atomic E-state index is 11.6. The quantitative estimate of drug-likeness (QED) is 0.547. The smallest absolute Gasteiger partial charge is 0.321 e. The average molecular weight is 283 g/mol. The first kappa shape index (κ1) is 15.3. The zero-order chi connectivity index (χ0) is 14.6. The van der Waals surface area contributed by atoms with Crippen molar-refractivity contribution in [2.24, 2.45) is 10.7 Å². The third-order valence-electron chi connectivity index (χ3n) is 2.15. The van der Waals surface area contributed by atoms with E-state index in [1.807, 2.05) is 39.8 Å². The second kappa shape index (κ2) is 5.93. The number of hydrogen-bond acceptors (Lipinski definition) is 2. The van der Waals surface area contributed by atoms with E-state index in [9.17, 15) is 4.79 Å². The third kappa shape index (κ3) is 5.18. The van der Waals surface area contributed by atoms with Crippen LogP contribution in [-0.2, 0) is 0 Å². The molecule has 0 aliphatic rings. The molecule has 5 nitrogen and oxygen atoms in total.